The molecule has 1 aliphatic heterocycles. The second-order valence-corrected chi connectivity index (χ2v) is 4.77. The van der Waals surface area contributed by atoms with Crippen LogP contribution in [-0.4, -0.2) is 54.1 Å². The van der Waals surface area contributed by atoms with Gasteiger partial charge in [-0.2, -0.15) is 0 Å². The molecular weight excluding hydrogens is 260 g/mol. The third-order valence-electron chi connectivity index (χ3n) is 3.25. The standard InChI is InChI=1S/C13H20N4O3/c1-16-9-10(14)8-11(16)13(19)15-3-2-12(18)17-4-6-20-7-5-17/h8-9H,2-7,14H2,1H3,(H,15,19). The molecule has 1 fully saturated rings. The lowest BCUT2D eigenvalue weighted by atomic mass is 10.3. The third kappa shape index (κ3) is 3.51. The number of nitrogen functional groups attached to an aromatic ring is 1. The van der Waals surface area contributed by atoms with Crippen LogP contribution in [0.1, 0.15) is 16.9 Å². The zero-order valence-electron chi connectivity index (χ0n) is 11.6. The summed E-state index contributed by atoms with van der Waals surface area (Å²) < 4.78 is 6.85. The van der Waals surface area contributed by atoms with Crippen molar-refractivity contribution < 1.29 is 14.3 Å². The zero-order chi connectivity index (χ0) is 14.5. The molecule has 7 heteroatoms. The summed E-state index contributed by atoms with van der Waals surface area (Å²) >= 11 is 0. The number of anilines is 1. The lowest BCUT2D eigenvalue weighted by Crippen LogP contribution is -2.42. The second-order valence-electron chi connectivity index (χ2n) is 4.77. The van der Waals surface area contributed by atoms with E-state index in [9.17, 15) is 9.59 Å². The molecule has 1 aromatic rings. The van der Waals surface area contributed by atoms with E-state index in [1.165, 1.54) is 0 Å². The van der Waals surface area contributed by atoms with Crippen molar-refractivity contribution in [3.05, 3.63) is 18.0 Å². The predicted octanol–water partition coefficient (Wildman–Crippen LogP) is -0.414. The fraction of sp³-hybridized carbons (Fsp3) is 0.538. The highest BCUT2D eigenvalue weighted by molar-refractivity contribution is 5.94. The zero-order valence-corrected chi connectivity index (χ0v) is 11.6. The van der Waals surface area contributed by atoms with Crippen LogP contribution in [0, 0.1) is 0 Å². The van der Waals surface area contributed by atoms with E-state index in [1.54, 1.807) is 28.8 Å². The largest absolute Gasteiger partial charge is 0.397 e. The van der Waals surface area contributed by atoms with Gasteiger partial charge < -0.3 is 25.3 Å². The van der Waals surface area contributed by atoms with Crippen molar-refractivity contribution >= 4 is 17.5 Å². The minimum Gasteiger partial charge on any atom is -0.397 e. The molecule has 0 radical (unpaired) electrons. The Morgan fingerprint density at radius 2 is 2.10 bits per heavy atom. The summed E-state index contributed by atoms with van der Waals surface area (Å²) in [6, 6.07) is 1.61. The maximum atomic E-state index is 11.9. The summed E-state index contributed by atoms with van der Waals surface area (Å²) in [5.41, 5.74) is 6.65. The van der Waals surface area contributed by atoms with E-state index in [-0.39, 0.29) is 11.8 Å². The smallest absolute Gasteiger partial charge is 0.267 e. The first-order valence-electron chi connectivity index (χ1n) is 6.63. The molecule has 3 N–H and O–H groups in total. The van der Waals surface area contributed by atoms with E-state index >= 15 is 0 Å². The lowest BCUT2D eigenvalue weighted by molar-refractivity contribution is -0.135. The summed E-state index contributed by atoms with van der Waals surface area (Å²) in [6.45, 7) is 2.74. The molecule has 20 heavy (non-hydrogen) atoms. The maximum Gasteiger partial charge on any atom is 0.267 e. The Labute approximate surface area is 117 Å². The van der Waals surface area contributed by atoms with Crippen LogP contribution in [0.3, 0.4) is 0 Å². The van der Waals surface area contributed by atoms with E-state index in [4.69, 9.17) is 10.5 Å². The fourth-order valence-electron chi connectivity index (χ4n) is 2.16. The topological polar surface area (TPSA) is 89.6 Å². The molecule has 0 aromatic carbocycles. The van der Waals surface area contributed by atoms with E-state index in [0.29, 0.717) is 50.7 Å². The Morgan fingerprint density at radius 1 is 1.40 bits per heavy atom. The first-order chi connectivity index (χ1) is 9.58. The number of nitrogens with zero attached hydrogens (tertiary/aromatic N) is 2. The van der Waals surface area contributed by atoms with Crippen LogP contribution in [0.15, 0.2) is 12.3 Å². The molecule has 1 aromatic heterocycles. The minimum absolute atomic E-state index is 0.0417. The summed E-state index contributed by atoms with van der Waals surface area (Å²) in [6.07, 6.45) is 1.97. The van der Waals surface area contributed by atoms with Gasteiger partial charge in [0.05, 0.1) is 18.9 Å². The predicted molar refractivity (Wildman–Crippen MR) is 74.2 cm³/mol. The SMILES string of the molecule is Cn1cc(N)cc1C(=O)NCCC(=O)N1CCOCC1. The van der Waals surface area contributed by atoms with Crippen molar-refractivity contribution in [1.29, 1.82) is 0 Å². The normalized spacial score (nSPS) is 15.2. The summed E-state index contributed by atoms with van der Waals surface area (Å²) in [7, 11) is 1.75. The number of nitrogens with two attached hydrogens (primary N) is 1. The molecular formula is C13H20N4O3. The number of rotatable bonds is 4. The number of aromatic nitrogens is 1. The van der Waals surface area contributed by atoms with Crippen LogP contribution in [0.5, 0.6) is 0 Å². The van der Waals surface area contributed by atoms with Gasteiger partial charge in [0, 0.05) is 39.3 Å². The number of aryl methyl sites for hydroxylation is 1. The van der Waals surface area contributed by atoms with Crippen molar-refractivity contribution in [2.75, 3.05) is 38.6 Å². The van der Waals surface area contributed by atoms with Gasteiger partial charge in [0.15, 0.2) is 0 Å². The molecule has 0 saturated carbocycles. The Balaban J connectivity index is 1.76. The van der Waals surface area contributed by atoms with Gasteiger partial charge >= 0.3 is 0 Å². The lowest BCUT2D eigenvalue weighted by Gasteiger charge is -2.26. The molecule has 0 spiro atoms. The monoisotopic (exact) mass is 280 g/mol. The van der Waals surface area contributed by atoms with Gasteiger partial charge in [0.1, 0.15) is 5.69 Å². The molecule has 2 heterocycles. The highest BCUT2D eigenvalue weighted by Gasteiger charge is 2.17. The van der Waals surface area contributed by atoms with E-state index in [1.807, 2.05) is 0 Å². The Morgan fingerprint density at radius 3 is 2.70 bits per heavy atom. The van der Waals surface area contributed by atoms with E-state index in [0.717, 1.165) is 0 Å². The van der Waals surface area contributed by atoms with Gasteiger partial charge in [-0.25, -0.2) is 0 Å². The highest BCUT2D eigenvalue weighted by Crippen LogP contribution is 2.08. The molecule has 2 rings (SSSR count). The number of morpholine rings is 1. The number of nitrogens with one attached hydrogen (secondary N) is 1. The Kier molecular flexibility index (Phi) is 4.62. The average molecular weight is 280 g/mol. The number of hydrogen-bond acceptors (Lipinski definition) is 4. The first-order valence-corrected chi connectivity index (χ1v) is 6.63. The van der Waals surface area contributed by atoms with E-state index < -0.39 is 0 Å². The van der Waals surface area contributed by atoms with Crippen molar-refractivity contribution in [1.82, 2.24) is 14.8 Å². The maximum absolute atomic E-state index is 11.9. The number of hydrogen-bond donors (Lipinski definition) is 2. The van der Waals surface area contributed by atoms with Crippen LogP contribution < -0.4 is 11.1 Å². The Bertz CT molecular complexity index is 492. The molecule has 0 bridgehead atoms. The molecule has 0 aliphatic carbocycles. The van der Waals surface area contributed by atoms with Gasteiger partial charge in [-0.1, -0.05) is 0 Å². The van der Waals surface area contributed by atoms with Crippen molar-refractivity contribution in [3.8, 4) is 0 Å². The van der Waals surface area contributed by atoms with Gasteiger partial charge in [-0.15, -0.1) is 0 Å². The van der Waals surface area contributed by atoms with Crippen LogP contribution in [-0.2, 0) is 16.6 Å². The molecule has 0 atom stereocenters. The van der Waals surface area contributed by atoms with Gasteiger partial charge in [-0.3, -0.25) is 9.59 Å². The van der Waals surface area contributed by atoms with Crippen molar-refractivity contribution in [3.63, 3.8) is 0 Å². The first kappa shape index (κ1) is 14.4. The van der Waals surface area contributed by atoms with Crippen LogP contribution in [0.2, 0.25) is 0 Å². The molecule has 1 saturated heterocycles. The molecule has 1 aliphatic rings. The summed E-state index contributed by atoms with van der Waals surface area (Å²) in [4.78, 5) is 25.5. The van der Waals surface area contributed by atoms with Crippen LogP contribution in [0.25, 0.3) is 0 Å². The number of carbonyl (C=O) groups is 2. The number of ether oxygens (including phenoxy) is 1. The fourth-order valence-corrected chi connectivity index (χ4v) is 2.16. The average Bonchev–Trinajstić information content (AvgIpc) is 2.78. The number of carbonyl (C=O) groups excluding carboxylic acids is 2. The van der Waals surface area contributed by atoms with E-state index in [2.05, 4.69) is 5.32 Å². The van der Waals surface area contributed by atoms with Crippen molar-refractivity contribution in [2.45, 2.75) is 6.42 Å². The van der Waals surface area contributed by atoms with Crippen LogP contribution in [0.4, 0.5) is 5.69 Å². The quantitative estimate of drug-likeness (QED) is 0.784. The minimum atomic E-state index is -0.223. The van der Waals surface area contributed by atoms with Gasteiger partial charge in [0.2, 0.25) is 5.91 Å². The van der Waals surface area contributed by atoms with Gasteiger partial charge in [-0.05, 0) is 6.07 Å². The molecule has 2 amide bonds. The number of amides is 2. The summed E-state index contributed by atoms with van der Waals surface area (Å²) in [5.74, 6) is -0.182. The highest BCUT2D eigenvalue weighted by atomic mass is 16.5. The van der Waals surface area contributed by atoms with Crippen molar-refractivity contribution in [2.24, 2.45) is 7.05 Å². The molecule has 110 valence electrons. The Hall–Kier alpha value is -2.02. The summed E-state index contributed by atoms with van der Waals surface area (Å²) in [5, 5.41) is 2.73. The second kappa shape index (κ2) is 6.42. The molecule has 0 unspecified atom stereocenters. The van der Waals surface area contributed by atoms with Gasteiger partial charge in [0.25, 0.3) is 5.91 Å². The molecule has 7 nitrogen and oxygen atoms in total. The third-order valence-corrected chi connectivity index (χ3v) is 3.25. The van der Waals surface area contributed by atoms with Crippen LogP contribution >= 0.6 is 0 Å².